The molecule has 43 heavy (non-hydrogen) atoms. The molecule has 0 saturated carbocycles. The number of likely N-dealkylation sites (N-methyl/N-ethyl adjacent to an activating group) is 1. The summed E-state index contributed by atoms with van der Waals surface area (Å²) in [5.41, 5.74) is 2.10. The molecule has 226 valence electrons. The smallest absolute Gasteiger partial charge is 0.338 e. The van der Waals surface area contributed by atoms with Crippen LogP contribution in [-0.2, 0) is 14.3 Å². The first-order valence-electron chi connectivity index (χ1n) is 14.2. The van der Waals surface area contributed by atoms with Crippen molar-refractivity contribution in [3.05, 3.63) is 90.6 Å². The molecule has 5 rings (SSSR count). The molecule has 0 radical (unpaired) electrons. The molecule has 2 aromatic carbocycles. The Labute approximate surface area is 254 Å². The average molecular weight is 605 g/mol. The summed E-state index contributed by atoms with van der Waals surface area (Å²) < 4.78 is 18.6. The van der Waals surface area contributed by atoms with Crippen LogP contribution in [0.3, 0.4) is 0 Å². The van der Waals surface area contributed by atoms with Gasteiger partial charge in [0.2, 0.25) is 0 Å². The number of carbonyl (C=O) groups excluding carboxylic acids is 2. The van der Waals surface area contributed by atoms with E-state index in [0.717, 1.165) is 24.2 Å². The molecule has 1 saturated heterocycles. The number of esters is 1. The van der Waals surface area contributed by atoms with Gasteiger partial charge in [-0.05, 0) is 69.3 Å². The molecule has 1 aromatic heterocycles. The van der Waals surface area contributed by atoms with Crippen molar-refractivity contribution in [2.45, 2.75) is 32.9 Å². The number of allylic oxidation sites excluding steroid dienone is 1. The maximum atomic E-state index is 13.8. The van der Waals surface area contributed by atoms with E-state index >= 15 is 0 Å². The van der Waals surface area contributed by atoms with Crippen molar-refractivity contribution in [1.82, 2.24) is 14.4 Å². The monoisotopic (exact) mass is 604 g/mol. The SMILES string of the molecule is COc1ccc(C2C(C(=O)OC(C)C)=C(C)N=c3s/c(=C\c4ccc(OCC(=O)N5CCN(C)CC5)cc4)c(=O)n32)cc1. The number of amides is 1. The topological polar surface area (TPSA) is 103 Å². The number of benzene rings is 2. The second kappa shape index (κ2) is 13.0. The lowest BCUT2D eigenvalue weighted by Gasteiger charge is -2.32. The van der Waals surface area contributed by atoms with Gasteiger partial charge in [-0.1, -0.05) is 35.6 Å². The van der Waals surface area contributed by atoms with E-state index in [9.17, 15) is 14.4 Å². The van der Waals surface area contributed by atoms with E-state index in [0.29, 0.717) is 45.2 Å². The third-order valence-corrected chi connectivity index (χ3v) is 8.39. The molecule has 1 amide bonds. The van der Waals surface area contributed by atoms with Crippen molar-refractivity contribution in [2.75, 3.05) is 46.9 Å². The van der Waals surface area contributed by atoms with Gasteiger partial charge >= 0.3 is 5.97 Å². The van der Waals surface area contributed by atoms with Crippen LogP contribution in [0.5, 0.6) is 11.5 Å². The van der Waals surface area contributed by atoms with E-state index in [1.54, 1.807) is 62.8 Å². The van der Waals surface area contributed by atoms with E-state index < -0.39 is 12.0 Å². The molecule has 0 aliphatic carbocycles. The van der Waals surface area contributed by atoms with Gasteiger partial charge in [0.25, 0.3) is 11.5 Å². The number of methoxy groups -OCH3 is 1. The fourth-order valence-electron chi connectivity index (χ4n) is 5.07. The van der Waals surface area contributed by atoms with Gasteiger partial charge in [0.15, 0.2) is 11.4 Å². The summed E-state index contributed by atoms with van der Waals surface area (Å²) in [6, 6.07) is 13.8. The third kappa shape index (κ3) is 6.73. The van der Waals surface area contributed by atoms with Gasteiger partial charge in [0, 0.05) is 26.2 Å². The molecule has 2 aliphatic rings. The maximum absolute atomic E-state index is 13.8. The molecular formula is C32H36N4O6S. The number of fused-ring (bicyclic) bond motifs is 1. The van der Waals surface area contributed by atoms with Crippen LogP contribution in [0.1, 0.15) is 37.9 Å². The molecule has 2 aliphatic heterocycles. The fraction of sp³-hybridized carbons (Fsp3) is 0.375. The highest BCUT2D eigenvalue weighted by atomic mass is 32.1. The molecule has 1 unspecified atom stereocenters. The Bertz CT molecular complexity index is 1700. The highest BCUT2D eigenvalue weighted by Gasteiger charge is 2.33. The number of aromatic nitrogens is 1. The van der Waals surface area contributed by atoms with Gasteiger partial charge < -0.3 is 24.0 Å². The van der Waals surface area contributed by atoms with E-state index in [2.05, 4.69) is 9.89 Å². The summed E-state index contributed by atoms with van der Waals surface area (Å²) >= 11 is 1.26. The van der Waals surface area contributed by atoms with Gasteiger partial charge in [-0.2, -0.15) is 0 Å². The van der Waals surface area contributed by atoms with Crippen molar-refractivity contribution >= 4 is 29.3 Å². The molecule has 10 nitrogen and oxygen atoms in total. The second-order valence-corrected chi connectivity index (χ2v) is 11.9. The minimum atomic E-state index is -0.704. The Morgan fingerprint density at radius 3 is 2.30 bits per heavy atom. The summed E-state index contributed by atoms with van der Waals surface area (Å²) in [6.07, 6.45) is 1.46. The minimum absolute atomic E-state index is 0.0199. The van der Waals surface area contributed by atoms with Crippen molar-refractivity contribution < 1.29 is 23.8 Å². The molecule has 0 N–H and O–H groups in total. The van der Waals surface area contributed by atoms with Gasteiger partial charge in [-0.25, -0.2) is 9.79 Å². The van der Waals surface area contributed by atoms with E-state index in [1.807, 2.05) is 36.2 Å². The summed E-state index contributed by atoms with van der Waals surface area (Å²) in [5.74, 6) is 0.702. The predicted molar refractivity (Wildman–Crippen MR) is 164 cm³/mol. The Morgan fingerprint density at radius 1 is 1.02 bits per heavy atom. The molecule has 1 fully saturated rings. The number of hydrogen-bond acceptors (Lipinski definition) is 9. The molecule has 11 heteroatoms. The van der Waals surface area contributed by atoms with Gasteiger partial charge in [0.1, 0.15) is 11.5 Å². The maximum Gasteiger partial charge on any atom is 0.338 e. The van der Waals surface area contributed by atoms with Crippen LogP contribution in [0.2, 0.25) is 0 Å². The van der Waals surface area contributed by atoms with Crippen LogP contribution >= 0.6 is 11.3 Å². The zero-order valence-electron chi connectivity index (χ0n) is 25.0. The number of rotatable bonds is 8. The van der Waals surface area contributed by atoms with Crippen LogP contribution in [0.25, 0.3) is 6.08 Å². The fourth-order valence-corrected chi connectivity index (χ4v) is 6.11. The predicted octanol–water partition coefficient (Wildman–Crippen LogP) is 2.35. The number of carbonyl (C=O) groups is 2. The number of thiazole rings is 1. The quantitative estimate of drug-likeness (QED) is 0.364. The van der Waals surface area contributed by atoms with Crippen molar-refractivity contribution in [3.63, 3.8) is 0 Å². The summed E-state index contributed by atoms with van der Waals surface area (Å²) in [4.78, 5) is 48.8. The van der Waals surface area contributed by atoms with Crippen molar-refractivity contribution in [2.24, 2.45) is 4.99 Å². The van der Waals surface area contributed by atoms with Crippen LogP contribution < -0.4 is 24.4 Å². The molecule has 0 bridgehead atoms. The highest BCUT2D eigenvalue weighted by Crippen LogP contribution is 2.32. The van der Waals surface area contributed by atoms with Crippen LogP contribution in [-0.4, -0.2) is 79.3 Å². The minimum Gasteiger partial charge on any atom is -0.497 e. The Balaban J connectivity index is 1.42. The van der Waals surface area contributed by atoms with Crippen LogP contribution in [0, 0.1) is 0 Å². The second-order valence-electron chi connectivity index (χ2n) is 10.9. The molecule has 3 aromatic rings. The number of ether oxygens (including phenoxy) is 3. The lowest BCUT2D eigenvalue weighted by atomic mass is 9.96. The number of nitrogens with zero attached hydrogens (tertiary/aromatic N) is 4. The summed E-state index contributed by atoms with van der Waals surface area (Å²) in [7, 11) is 3.63. The normalized spacial score (nSPS) is 17.5. The lowest BCUT2D eigenvalue weighted by molar-refractivity contribution is -0.143. The van der Waals surface area contributed by atoms with E-state index in [-0.39, 0.29) is 24.2 Å². The van der Waals surface area contributed by atoms with Crippen molar-refractivity contribution in [3.8, 4) is 11.5 Å². The van der Waals surface area contributed by atoms with Gasteiger partial charge in [-0.3, -0.25) is 14.2 Å². The standard InChI is InChI=1S/C32H36N4O6S/c1-20(2)42-31(39)28-21(3)33-32-36(29(28)23-8-12-24(40-5)13-9-23)30(38)26(43-32)18-22-6-10-25(11-7-22)41-19-27(37)35-16-14-34(4)15-17-35/h6-13,18,20,29H,14-17,19H2,1-5H3/b26-18-. The van der Waals surface area contributed by atoms with E-state index in [1.165, 1.54) is 11.3 Å². The van der Waals surface area contributed by atoms with Gasteiger partial charge in [0.05, 0.1) is 35.1 Å². The largest absolute Gasteiger partial charge is 0.497 e. The summed E-state index contributed by atoms with van der Waals surface area (Å²) in [6.45, 7) is 8.43. The first-order chi connectivity index (χ1) is 20.6. The number of hydrogen-bond donors (Lipinski definition) is 0. The Kier molecular flexibility index (Phi) is 9.12. The summed E-state index contributed by atoms with van der Waals surface area (Å²) in [5, 5.41) is 0. The first kappa shape index (κ1) is 30.2. The van der Waals surface area contributed by atoms with E-state index in [4.69, 9.17) is 14.2 Å². The zero-order valence-corrected chi connectivity index (χ0v) is 25.8. The lowest BCUT2D eigenvalue weighted by Crippen LogP contribution is -2.48. The van der Waals surface area contributed by atoms with Crippen LogP contribution in [0.15, 0.2) is 69.6 Å². The number of piperazine rings is 1. The zero-order chi connectivity index (χ0) is 30.7. The molecule has 0 spiro atoms. The Morgan fingerprint density at radius 2 is 1.67 bits per heavy atom. The Hall–Kier alpha value is -4.22. The van der Waals surface area contributed by atoms with Crippen LogP contribution in [0.4, 0.5) is 0 Å². The third-order valence-electron chi connectivity index (χ3n) is 7.41. The highest BCUT2D eigenvalue weighted by molar-refractivity contribution is 7.07. The average Bonchev–Trinajstić information content (AvgIpc) is 3.29. The van der Waals surface area contributed by atoms with Crippen molar-refractivity contribution in [1.29, 1.82) is 0 Å². The first-order valence-corrected chi connectivity index (χ1v) is 15.0. The van der Waals surface area contributed by atoms with Gasteiger partial charge in [-0.15, -0.1) is 0 Å². The molecule has 1 atom stereocenters. The molecular weight excluding hydrogens is 568 g/mol. The molecule has 3 heterocycles.